The zero-order valence-corrected chi connectivity index (χ0v) is 11.7. The first kappa shape index (κ1) is 15.4. The van der Waals surface area contributed by atoms with Crippen molar-refractivity contribution in [3.8, 4) is 11.1 Å². The molecule has 0 aliphatic carbocycles. The zero-order chi connectivity index (χ0) is 16.3. The van der Waals surface area contributed by atoms with Gasteiger partial charge >= 0.3 is 11.9 Å². The van der Waals surface area contributed by atoms with Gasteiger partial charge in [0, 0.05) is 11.6 Å². The van der Waals surface area contributed by atoms with Gasteiger partial charge < -0.3 is 10.2 Å². The summed E-state index contributed by atoms with van der Waals surface area (Å²) in [5.41, 5.74) is 2.00. The van der Waals surface area contributed by atoms with Gasteiger partial charge in [0.15, 0.2) is 0 Å². The molecule has 0 fully saturated rings. The lowest BCUT2D eigenvalue weighted by atomic mass is 9.98. The second-order valence-electron chi connectivity index (χ2n) is 4.74. The van der Waals surface area contributed by atoms with Gasteiger partial charge in [-0.05, 0) is 47.9 Å². The highest BCUT2D eigenvalue weighted by Crippen LogP contribution is 2.27. The molecule has 0 saturated carbocycles. The molecule has 0 unspecified atom stereocenters. The molecular formula is C17H13FO4. The van der Waals surface area contributed by atoms with E-state index >= 15 is 0 Å². The van der Waals surface area contributed by atoms with Gasteiger partial charge in [-0.1, -0.05) is 18.2 Å². The van der Waals surface area contributed by atoms with Crippen LogP contribution < -0.4 is 0 Å². The molecule has 0 aromatic heterocycles. The van der Waals surface area contributed by atoms with Gasteiger partial charge in [-0.3, -0.25) is 0 Å². The molecule has 0 aliphatic rings. The predicted octanol–water partition coefficient (Wildman–Crippen LogP) is 3.68. The van der Waals surface area contributed by atoms with Gasteiger partial charge in [0.05, 0.1) is 5.56 Å². The largest absolute Gasteiger partial charge is 0.478 e. The lowest BCUT2D eigenvalue weighted by Gasteiger charge is -2.08. The van der Waals surface area contributed by atoms with Crippen molar-refractivity contribution >= 4 is 17.5 Å². The van der Waals surface area contributed by atoms with Crippen LogP contribution in [0, 0.1) is 5.82 Å². The third kappa shape index (κ3) is 3.38. The molecule has 0 amide bonds. The maximum absolute atomic E-state index is 14.0. The maximum atomic E-state index is 14.0. The molecule has 2 aromatic rings. The second-order valence-corrected chi connectivity index (χ2v) is 4.74. The van der Waals surface area contributed by atoms with Gasteiger partial charge in [-0.25, -0.2) is 14.0 Å². The SMILES string of the molecule is C/C(=C\C(=O)O)c1ccc(F)c(-c2ccc(C(=O)O)cc2)c1. The van der Waals surface area contributed by atoms with Crippen molar-refractivity contribution < 1.29 is 24.2 Å². The van der Waals surface area contributed by atoms with Gasteiger partial charge in [0.2, 0.25) is 0 Å². The number of aromatic carboxylic acids is 1. The standard InChI is InChI=1S/C17H13FO4/c1-10(8-16(19)20)13-6-7-15(18)14(9-13)11-2-4-12(5-3-11)17(21)22/h2-9H,1H3,(H,19,20)(H,21,22)/b10-8+. The highest BCUT2D eigenvalue weighted by molar-refractivity contribution is 5.90. The number of aliphatic carboxylic acids is 1. The minimum Gasteiger partial charge on any atom is -0.478 e. The Balaban J connectivity index is 2.46. The Morgan fingerprint density at radius 2 is 1.59 bits per heavy atom. The normalized spacial score (nSPS) is 11.3. The molecule has 2 rings (SSSR count). The Bertz CT molecular complexity index is 761. The van der Waals surface area contributed by atoms with Crippen LogP contribution in [0.2, 0.25) is 0 Å². The average Bonchev–Trinajstić information content (AvgIpc) is 2.47. The van der Waals surface area contributed by atoms with Gasteiger partial charge in [0.25, 0.3) is 0 Å². The smallest absolute Gasteiger partial charge is 0.335 e. The fourth-order valence-corrected chi connectivity index (χ4v) is 2.05. The molecule has 0 radical (unpaired) electrons. The Morgan fingerprint density at radius 3 is 2.14 bits per heavy atom. The number of carboxylic acids is 2. The lowest BCUT2D eigenvalue weighted by molar-refractivity contribution is -0.131. The first-order valence-electron chi connectivity index (χ1n) is 6.43. The molecule has 2 aromatic carbocycles. The lowest BCUT2D eigenvalue weighted by Crippen LogP contribution is -1.96. The Kier molecular flexibility index (Phi) is 4.36. The van der Waals surface area contributed by atoms with Gasteiger partial charge in [-0.2, -0.15) is 0 Å². The van der Waals surface area contributed by atoms with E-state index in [0.717, 1.165) is 6.08 Å². The molecule has 0 atom stereocenters. The van der Waals surface area contributed by atoms with E-state index in [4.69, 9.17) is 10.2 Å². The van der Waals surface area contributed by atoms with Crippen LogP contribution in [-0.2, 0) is 4.79 Å². The van der Waals surface area contributed by atoms with Crippen molar-refractivity contribution in [3.63, 3.8) is 0 Å². The van der Waals surface area contributed by atoms with Crippen LogP contribution in [0.3, 0.4) is 0 Å². The summed E-state index contributed by atoms with van der Waals surface area (Å²) in [7, 11) is 0. The van der Waals surface area contributed by atoms with E-state index in [-0.39, 0.29) is 11.1 Å². The molecule has 0 heterocycles. The highest BCUT2D eigenvalue weighted by atomic mass is 19.1. The van der Waals surface area contributed by atoms with E-state index in [9.17, 15) is 14.0 Å². The average molecular weight is 300 g/mol. The Morgan fingerprint density at radius 1 is 1.00 bits per heavy atom. The van der Waals surface area contributed by atoms with Crippen LogP contribution in [-0.4, -0.2) is 22.2 Å². The van der Waals surface area contributed by atoms with Crippen molar-refractivity contribution in [1.82, 2.24) is 0 Å². The number of hydrogen-bond acceptors (Lipinski definition) is 2. The fraction of sp³-hybridized carbons (Fsp3) is 0.0588. The number of carboxylic acid groups (broad SMARTS) is 2. The minimum absolute atomic E-state index is 0.113. The summed E-state index contributed by atoms with van der Waals surface area (Å²) in [5.74, 6) is -2.59. The molecule has 2 N–H and O–H groups in total. The molecule has 4 nitrogen and oxygen atoms in total. The van der Waals surface area contributed by atoms with Crippen LogP contribution in [0.25, 0.3) is 16.7 Å². The third-order valence-electron chi connectivity index (χ3n) is 3.20. The summed E-state index contributed by atoms with van der Waals surface area (Å²) in [5, 5.41) is 17.6. The summed E-state index contributed by atoms with van der Waals surface area (Å²) < 4.78 is 14.0. The maximum Gasteiger partial charge on any atom is 0.335 e. The number of allylic oxidation sites excluding steroid dienone is 1. The van der Waals surface area contributed by atoms with Gasteiger partial charge in [0.1, 0.15) is 5.82 Å². The fourth-order valence-electron chi connectivity index (χ4n) is 2.05. The molecule has 0 spiro atoms. The number of rotatable bonds is 4. The summed E-state index contributed by atoms with van der Waals surface area (Å²) in [4.78, 5) is 21.5. The van der Waals surface area contributed by atoms with Crippen LogP contribution in [0.4, 0.5) is 4.39 Å². The van der Waals surface area contributed by atoms with Gasteiger partial charge in [-0.15, -0.1) is 0 Å². The first-order valence-corrected chi connectivity index (χ1v) is 6.43. The van der Waals surface area contributed by atoms with Crippen LogP contribution >= 0.6 is 0 Å². The Labute approximate surface area is 126 Å². The second kappa shape index (κ2) is 6.22. The van der Waals surface area contributed by atoms with E-state index < -0.39 is 17.8 Å². The van der Waals surface area contributed by atoms with Crippen molar-refractivity contribution in [3.05, 3.63) is 65.5 Å². The van der Waals surface area contributed by atoms with Crippen molar-refractivity contribution in [2.24, 2.45) is 0 Å². The van der Waals surface area contributed by atoms with Crippen molar-refractivity contribution in [1.29, 1.82) is 0 Å². The zero-order valence-electron chi connectivity index (χ0n) is 11.7. The number of halogens is 1. The first-order chi connectivity index (χ1) is 10.4. The molecule has 0 aliphatic heterocycles. The molecule has 22 heavy (non-hydrogen) atoms. The molecule has 112 valence electrons. The van der Waals surface area contributed by atoms with E-state index in [1.807, 2.05) is 0 Å². The van der Waals surface area contributed by atoms with E-state index in [1.165, 1.54) is 36.4 Å². The minimum atomic E-state index is -1.07. The van der Waals surface area contributed by atoms with E-state index in [1.54, 1.807) is 13.0 Å². The predicted molar refractivity (Wildman–Crippen MR) is 80.1 cm³/mol. The Hall–Kier alpha value is -2.95. The van der Waals surface area contributed by atoms with Crippen LogP contribution in [0.5, 0.6) is 0 Å². The summed E-state index contributed by atoms with van der Waals surface area (Å²) in [6.07, 6.45) is 1.05. The van der Waals surface area contributed by atoms with Crippen LogP contribution in [0.1, 0.15) is 22.8 Å². The third-order valence-corrected chi connectivity index (χ3v) is 3.20. The monoisotopic (exact) mass is 300 g/mol. The quantitative estimate of drug-likeness (QED) is 0.845. The topological polar surface area (TPSA) is 74.6 Å². The van der Waals surface area contributed by atoms with Crippen LogP contribution in [0.15, 0.2) is 48.5 Å². The number of hydrogen-bond donors (Lipinski definition) is 2. The molecule has 5 heteroatoms. The summed E-state index contributed by atoms with van der Waals surface area (Å²) in [6.45, 7) is 1.62. The van der Waals surface area contributed by atoms with Crippen molar-refractivity contribution in [2.45, 2.75) is 6.92 Å². The number of carbonyl (C=O) groups is 2. The highest BCUT2D eigenvalue weighted by Gasteiger charge is 2.09. The summed E-state index contributed by atoms with van der Waals surface area (Å²) in [6, 6.07) is 10.1. The van der Waals surface area contributed by atoms with E-state index in [0.29, 0.717) is 16.7 Å². The molecule has 0 bridgehead atoms. The molecule has 0 saturated heterocycles. The summed E-state index contributed by atoms with van der Waals surface area (Å²) >= 11 is 0. The van der Waals surface area contributed by atoms with E-state index in [2.05, 4.69) is 0 Å². The number of benzene rings is 2. The van der Waals surface area contributed by atoms with Crippen molar-refractivity contribution in [2.75, 3.05) is 0 Å². The molecular weight excluding hydrogens is 287 g/mol.